The molecule has 1 unspecified atom stereocenters. The van der Waals surface area contributed by atoms with Crippen molar-refractivity contribution in [1.29, 1.82) is 0 Å². The van der Waals surface area contributed by atoms with Gasteiger partial charge in [-0.05, 0) is 46.7 Å². The van der Waals surface area contributed by atoms with E-state index in [-0.39, 0.29) is 6.04 Å². The number of nitrogens with one attached hydrogen (secondary N) is 1. The number of quaternary nitrogens is 1. The lowest BCUT2D eigenvalue weighted by Crippen LogP contribution is -3.14. The highest BCUT2D eigenvalue weighted by Gasteiger charge is 2.34. The minimum absolute atomic E-state index is 0.239. The average Bonchev–Trinajstić information content (AvgIpc) is 3.34. The summed E-state index contributed by atoms with van der Waals surface area (Å²) in [6, 6.07) is 15.2. The van der Waals surface area contributed by atoms with Gasteiger partial charge in [0, 0.05) is 12.5 Å². The third kappa shape index (κ3) is 3.86. The van der Waals surface area contributed by atoms with Gasteiger partial charge >= 0.3 is 0 Å². The molecule has 1 fully saturated rings. The van der Waals surface area contributed by atoms with Crippen LogP contribution in [0.4, 0.5) is 0 Å². The zero-order chi connectivity index (χ0) is 17.8. The first kappa shape index (κ1) is 17.4. The fraction of sp³-hybridized carbons (Fsp3) is 0.450. The maximum Gasteiger partial charge on any atom is 0.215 e. The number of aromatic nitrogens is 4. The van der Waals surface area contributed by atoms with Crippen LogP contribution in [0.2, 0.25) is 0 Å². The van der Waals surface area contributed by atoms with E-state index in [1.54, 1.807) is 4.90 Å². The van der Waals surface area contributed by atoms with Crippen LogP contribution in [-0.2, 0) is 13.0 Å². The molecule has 0 bridgehead atoms. The van der Waals surface area contributed by atoms with Gasteiger partial charge in [-0.1, -0.05) is 43.3 Å². The van der Waals surface area contributed by atoms with Crippen molar-refractivity contribution in [1.82, 2.24) is 20.2 Å². The van der Waals surface area contributed by atoms with Crippen LogP contribution < -0.4 is 4.90 Å². The third-order valence-electron chi connectivity index (χ3n) is 5.31. The number of thiophene rings is 1. The van der Waals surface area contributed by atoms with E-state index >= 15 is 0 Å². The molecule has 136 valence electrons. The van der Waals surface area contributed by atoms with Crippen molar-refractivity contribution in [3.63, 3.8) is 0 Å². The average molecular weight is 369 g/mol. The molecule has 0 saturated carbocycles. The molecule has 0 radical (unpaired) electrons. The number of hydrogen-bond acceptors (Lipinski definition) is 4. The number of likely N-dealkylation sites (tertiary alicyclic amines) is 1. The summed E-state index contributed by atoms with van der Waals surface area (Å²) in [7, 11) is 0. The van der Waals surface area contributed by atoms with Crippen molar-refractivity contribution in [2.24, 2.45) is 5.92 Å². The smallest absolute Gasteiger partial charge is 0.215 e. The number of aryl methyl sites for hydroxylation is 2. The third-order valence-corrected chi connectivity index (χ3v) is 6.25. The van der Waals surface area contributed by atoms with E-state index in [0.29, 0.717) is 0 Å². The molecule has 1 saturated heterocycles. The summed E-state index contributed by atoms with van der Waals surface area (Å²) >= 11 is 1.82. The van der Waals surface area contributed by atoms with Crippen molar-refractivity contribution >= 4 is 11.3 Å². The van der Waals surface area contributed by atoms with Crippen LogP contribution in [0.25, 0.3) is 0 Å². The molecule has 26 heavy (non-hydrogen) atoms. The molecule has 2 aromatic heterocycles. The van der Waals surface area contributed by atoms with E-state index in [1.165, 1.54) is 36.4 Å². The maximum atomic E-state index is 4.47. The summed E-state index contributed by atoms with van der Waals surface area (Å²) in [5.74, 6) is 1.77. The predicted octanol–water partition coefficient (Wildman–Crippen LogP) is 2.38. The summed E-state index contributed by atoms with van der Waals surface area (Å²) < 4.78 is 2.02. The molecule has 0 spiro atoms. The van der Waals surface area contributed by atoms with Gasteiger partial charge in [-0.3, -0.25) is 0 Å². The Morgan fingerprint density at radius 1 is 1.23 bits per heavy atom. The standard InChI is InChI=1S/C20H25N5S/c1-16-7-5-12-24(15-16)19(18-10-6-14-26-18)20-21-22-23-25(20)13-11-17-8-3-2-4-9-17/h2-4,6,8-10,14,16,19H,5,7,11-13,15H2,1H3/p+1/t16-,19+/m0/s1. The topological polar surface area (TPSA) is 48.0 Å². The Labute approximate surface area is 158 Å². The van der Waals surface area contributed by atoms with Gasteiger partial charge in [-0.15, -0.1) is 16.4 Å². The van der Waals surface area contributed by atoms with Crippen molar-refractivity contribution in [3.8, 4) is 0 Å². The van der Waals surface area contributed by atoms with Crippen molar-refractivity contribution in [2.45, 2.75) is 38.8 Å². The Bertz CT molecular complexity index is 799. The Morgan fingerprint density at radius 2 is 2.12 bits per heavy atom. The lowest BCUT2D eigenvalue weighted by molar-refractivity contribution is -0.934. The van der Waals surface area contributed by atoms with Crippen molar-refractivity contribution in [3.05, 3.63) is 64.1 Å². The van der Waals surface area contributed by atoms with Crippen LogP contribution in [0.1, 0.15) is 42.1 Å². The summed E-state index contributed by atoms with van der Waals surface area (Å²) in [5.41, 5.74) is 1.32. The molecule has 5 nitrogen and oxygen atoms in total. The zero-order valence-electron chi connectivity index (χ0n) is 15.2. The molecule has 3 heterocycles. The second-order valence-electron chi connectivity index (χ2n) is 7.30. The lowest BCUT2D eigenvalue weighted by Gasteiger charge is -2.33. The number of hydrogen-bond donors (Lipinski definition) is 1. The Morgan fingerprint density at radius 3 is 2.88 bits per heavy atom. The van der Waals surface area contributed by atoms with E-state index in [2.05, 4.69) is 70.3 Å². The van der Waals surface area contributed by atoms with Crippen LogP contribution in [-0.4, -0.2) is 33.3 Å². The summed E-state index contributed by atoms with van der Waals surface area (Å²) in [6.07, 6.45) is 3.56. The Balaban J connectivity index is 1.59. The number of rotatable bonds is 6. The fourth-order valence-electron chi connectivity index (χ4n) is 4.02. The molecule has 4 rings (SSSR count). The van der Waals surface area contributed by atoms with Gasteiger partial charge in [0.25, 0.3) is 0 Å². The monoisotopic (exact) mass is 368 g/mol. The first-order valence-electron chi connectivity index (χ1n) is 9.49. The summed E-state index contributed by atoms with van der Waals surface area (Å²) in [5, 5.41) is 15.0. The first-order chi connectivity index (χ1) is 12.8. The predicted molar refractivity (Wildman–Crippen MR) is 103 cm³/mol. The summed E-state index contributed by atoms with van der Waals surface area (Å²) in [4.78, 5) is 2.96. The van der Waals surface area contributed by atoms with Crippen LogP contribution in [0.5, 0.6) is 0 Å². The van der Waals surface area contributed by atoms with Crippen LogP contribution in [0, 0.1) is 5.92 Å². The number of benzene rings is 1. The highest BCUT2D eigenvalue weighted by atomic mass is 32.1. The van der Waals surface area contributed by atoms with Gasteiger partial charge in [0.1, 0.15) is 0 Å². The molecule has 6 heteroatoms. The highest BCUT2D eigenvalue weighted by Crippen LogP contribution is 2.23. The van der Waals surface area contributed by atoms with Gasteiger partial charge in [0.05, 0.1) is 18.0 Å². The largest absolute Gasteiger partial charge is 0.321 e. The first-order valence-corrected chi connectivity index (χ1v) is 10.4. The zero-order valence-corrected chi connectivity index (χ0v) is 16.0. The maximum absolute atomic E-state index is 4.47. The van der Waals surface area contributed by atoms with E-state index in [1.807, 2.05) is 16.0 Å². The van der Waals surface area contributed by atoms with Gasteiger partial charge in [-0.2, -0.15) is 0 Å². The summed E-state index contributed by atoms with van der Waals surface area (Å²) in [6.45, 7) is 5.56. The Kier molecular flexibility index (Phi) is 5.41. The lowest BCUT2D eigenvalue weighted by atomic mass is 9.98. The molecule has 3 aromatic rings. The molecule has 1 aromatic carbocycles. The molecule has 1 aliphatic rings. The molecule has 0 aliphatic carbocycles. The van der Waals surface area contributed by atoms with Crippen molar-refractivity contribution < 1.29 is 4.90 Å². The quantitative estimate of drug-likeness (QED) is 0.727. The second kappa shape index (κ2) is 8.10. The Hall–Kier alpha value is -2.05. The molecule has 3 atom stereocenters. The molecular weight excluding hydrogens is 342 g/mol. The van der Waals surface area contributed by atoms with Crippen molar-refractivity contribution in [2.75, 3.05) is 13.1 Å². The van der Waals surface area contributed by atoms with Crippen LogP contribution in [0.15, 0.2) is 47.8 Å². The van der Waals surface area contributed by atoms with E-state index in [4.69, 9.17) is 0 Å². The van der Waals surface area contributed by atoms with Gasteiger partial charge in [0.2, 0.25) is 5.82 Å². The number of piperidine rings is 1. The minimum atomic E-state index is 0.239. The van der Waals surface area contributed by atoms with E-state index < -0.39 is 0 Å². The molecule has 1 N–H and O–H groups in total. The number of nitrogens with zero attached hydrogens (tertiary/aromatic N) is 4. The fourth-order valence-corrected chi connectivity index (χ4v) is 4.89. The van der Waals surface area contributed by atoms with Crippen LogP contribution >= 0.6 is 11.3 Å². The van der Waals surface area contributed by atoms with Gasteiger partial charge in [0.15, 0.2) is 6.04 Å². The normalized spacial score (nSPS) is 21.6. The number of tetrazole rings is 1. The molecular formula is C20H26N5S+. The van der Waals surface area contributed by atoms with Gasteiger partial charge in [-0.25, -0.2) is 4.68 Å². The van der Waals surface area contributed by atoms with Crippen LogP contribution in [0.3, 0.4) is 0 Å². The second-order valence-corrected chi connectivity index (χ2v) is 8.28. The van der Waals surface area contributed by atoms with Gasteiger partial charge < -0.3 is 4.90 Å². The molecule has 0 amide bonds. The van der Waals surface area contributed by atoms with E-state index in [0.717, 1.165) is 24.7 Å². The SMILES string of the molecule is C[C@H]1CCC[NH+]([C@H](c2cccs2)c2nnnn2CCc2ccccc2)C1. The highest BCUT2D eigenvalue weighted by molar-refractivity contribution is 7.10. The van der Waals surface area contributed by atoms with E-state index in [9.17, 15) is 0 Å². The minimum Gasteiger partial charge on any atom is -0.321 e. The molecule has 1 aliphatic heterocycles.